The van der Waals surface area contributed by atoms with Gasteiger partial charge in [0.2, 0.25) is 5.91 Å². The molecule has 4 rings (SSSR count). The second-order valence-corrected chi connectivity index (χ2v) is 9.50. The second-order valence-electron chi connectivity index (χ2n) is 7.30. The van der Waals surface area contributed by atoms with Gasteiger partial charge in [0.15, 0.2) is 15.8 Å². The third kappa shape index (κ3) is 4.52. The van der Waals surface area contributed by atoms with Crippen molar-refractivity contribution in [2.75, 3.05) is 18.9 Å². The number of thiazole rings is 1. The normalized spacial score (nSPS) is 18.5. The molecule has 0 bridgehead atoms. The molecule has 1 aliphatic carbocycles. The number of hydrogen-bond acceptors (Lipinski definition) is 7. The fourth-order valence-electron chi connectivity index (χ4n) is 3.89. The van der Waals surface area contributed by atoms with Gasteiger partial charge in [0.05, 0.1) is 6.04 Å². The lowest BCUT2D eigenvalue weighted by Crippen LogP contribution is -2.38. The number of carboxylic acid groups (broad SMARTS) is 1. The summed E-state index contributed by atoms with van der Waals surface area (Å²) in [5.41, 5.74) is 1.80. The van der Waals surface area contributed by atoms with Crippen LogP contribution in [0.2, 0.25) is 0 Å². The Kier molecular flexibility index (Phi) is 6.38. The van der Waals surface area contributed by atoms with Gasteiger partial charge >= 0.3 is 5.97 Å². The maximum absolute atomic E-state index is 12.3. The average molecular weight is 447 g/mol. The molecule has 1 aromatic heterocycles. The Balaban J connectivity index is 1.34. The molecule has 1 fully saturated rings. The number of hydrogen-bond donors (Lipinski definition) is 1. The number of nitrogens with zero attached hydrogens (tertiary/aromatic N) is 2. The quantitative estimate of drug-likeness (QED) is 0.620. The molecule has 1 atom stereocenters. The van der Waals surface area contributed by atoms with Crippen molar-refractivity contribution in [3.63, 3.8) is 0 Å². The van der Waals surface area contributed by atoms with E-state index in [0.29, 0.717) is 36.1 Å². The van der Waals surface area contributed by atoms with Gasteiger partial charge in [0.25, 0.3) is 0 Å². The smallest absolute Gasteiger partial charge is 0.355 e. The predicted molar refractivity (Wildman–Crippen MR) is 114 cm³/mol. The number of thioether (sulfide) groups is 1. The molecule has 1 saturated heterocycles. The summed E-state index contributed by atoms with van der Waals surface area (Å²) in [6, 6.07) is 5.61. The number of amides is 1. The largest absolute Gasteiger partial charge is 0.491 e. The van der Waals surface area contributed by atoms with Crippen molar-refractivity contribution in [1.29, 1.82) is 0 Å². The molecule has 30 heavy (non-hydrogen) atoms. The number of carbonyl (C=O) groups is 3. The molecular formula is C21H22N2O5S2. The lowest BCUT2D eigenvalue weighted by atomic mass is 9.90. The lowest BCUT2D eigenvalue weighted by molar-refractivity contribution is -0.129. The zero-order chi connectivity index (χ0) is 21.1. The zero-order valence-corrected chi connectivity index (χ0v) is 18.0. The molecule has 158 valence electrons. The highest BCUT2D eigenvalue weighted by atomic mass is 32.2. The third-order valence-corrected chi connectivity index (χ3v) is 7.41. The molecule has 7 nitrogen and oxygen atoms in total. The summed E-state index contributed by atoms with van der Waals surface area (Å²) in [4.78, 5) is 41.3. The van der Waals surface area contributed by atoms with Crippen molar-refractivity contribution in [2.45, 2.75) is 42.5 Å². The number of fused-ring (bicyclic) bond motifs is 1. The topological polar surface area (TPSA) is 96.8 Å². The van der Waals surface area contributed by atoms with Gasteiger partial charge in [-0.1, -0.05) is 23.9 Å². The van der Waals surface area contributed by atoms with E-state index in [0.717, 1.165) is 36.1 Å². The molecule has 1 amide bonds. The van der Waals surface area contributed by atoms with Crippen molar-refractivity contribution in [3.8, 4) is 5.75 Å². The minimum atomic E-state index is -1.03. The van der Waals surface area contributed by atoms with E-state index < -0.39 is 5.97 Å². The van der Waals surface area contributed by atoms with E-state index in [2.05, 4.69) is 4.98 Å². The number of rotatable bonds is 8. The summed E-state index contributed by atoms with van der Waals surface area (Å²) in [5, 5.41) is 10.5. The van der Waals surface area contributed by atoms with Gasteiger partial charge in [0, 0.05) is 41.6 Å². The minimum Gasteiger partial charge on any atom is -0.491 e. The number of aromatic nitrogens is 1. The number of carboxylic acids is 1. The van der Waals surface area contributed by atoms with Crippen LogP contribution in [0.4, 0.5) is 0 Å². The Hall–Kier alpha value is -2.39. The molecule has 9 heteroatoms. The molecule has 2 aromatic rings. The summed E-state index contributed by atoms with van der Waals surface area (Å²) in [6.07, 6.45) is 3.53. The summed E-state index contributed by atoms with van der Waals surface area (Å²) < 4.78 is 6.77. The summed E-state index contributed by atoms with van der Waals surface area (Å²) >= 11 is 2.75. The molecule has 2 heterocycles. The first-order valence-electron chi connectivity index (χ1n) is 9.92. The summed E-state index contributed by atoms with van der Waals surface area (Å²) in [5.74, 6) is 0.641. The van der Waals surface area contributed by atoms with Crippen LogP contribution in [0.15, 0.2) is 27.9 Å². The fraction of sp³-hybridized carbons (Fsp3) is 0.429. The second kappa shape index (κ2) is 9.18. The van der Waals surface area contributed by atoms with Crippen LogP contribution in [0, 0.1) is 0 Å². The minimum absolute atomic E-state index is 0.000811. The Morgan fingerprint density at radius 1 is 1.30 bits per heavy atom. The van der Waals surface area contributed by atoms with Gasteiger partial charge in [-0.2, -0.15) is 0 Å². The molecule has 0 radical (unpaired) electrons. The number of ether oxygens (including phenoxy) is 1. The first kappa shape index (κ1) is 20.9. The van der Waals surface area contributed by atoms with Gasteiger partial charge in [-0.15, -0.1) is 11.3 Å². The van der Waals surface area contributed by atoms with Crippen LogP contribution in [0.5, 0.6) is 5.75 Å². The van der Waals surface area contributed by atoms with Gasteiger partial charge in [-0.05, 0) is 25.3 Å². The molecule has 0 saturated carbocycles. The number of likely N-dealkylation sites (tertiary alicyclic amines) is 1. The van der Waals surface area contributed by atoms with E-state index in [-0.39, 0.29) is 23.4 Å². The molecule has 0 spiro atoms. The first-order valence-corrected chi connectivity index (χ1v) is 11.8. The Bertz CT molecular complexity index is 974. The number of carbonyl (C=O) groups excluding carboxylic acids is 2. The van der Waals surface area contributed by atoms with E-state index >= 15 is 0 Å². The van der Waals surface area contributed by atoms with Crippen LogP contribution in [-0.4, -0.2) is 57.6 Å². The van der Waals surface area contributed by atoms with Gasteiger partial charge < -0.3 is 14.7 Å². The van der Waals surface area contributed by atoms with E-state index in [1.807, 2.05) is 23.1 Å². The monoisotopic (exact) mass is 446 g/mol. The average Bonchev–Trinajstić information content (AvgIpc) is 3.34. The highest BCUT2D eigenvalue weighted by molar-refractivity contribution is 8.01. The zero-order valence-electron chi connectivity index (χ0n) is 16.3. The molecular weight excluding hydrogens is 424 g/mol. The maximum atomic E-state index is 12.3. The van der Waals surface area contributed by atoms with Crippen LogP contribution in [0.1, 0.15) is 52.1 Å². The number of aromatic carboxylic acids is 1. The lowest BCUT2D eigenvalue weighted by Gasteiger charge is -2.26. The predicted octanol–water partition coefficient (Wildman–Crippen LogP) is 3.52. The van der Waals surface area contributed by atoms with Crippen LogP contribution < -0.4 is 4.74 Å². The van der Waals surface area contributed by atoms with Crippen LogP contribution in [-0.2, 0) is 11.2 Å². The van der Waals surface area contributed by atoms with Crippen molar-refractivity contribution in [1.82, 2.24) is 9.88 Å². The van der Waals surface area contributed by atoms with E-state index in [4.69, 9.17) is 9.84 Å². The van der Waals surface area contributed by atoms with Gasteiger partial charge in [-0.25, -0.2) is 9.78 Å². The van der Waals surface area contributed by atoms with Crippen LogP contribution in [0.25, 0.3) is 0 Å². The standard InChI is InChI=1S/C21H22N2O5S2/c24-17-5-1-4-15-14(17)3-2-6-18(15)28-11-13-7-8-19(25)23(13)9-10-29-21-22-16(12-30-21)20(26)27/h2-3,6,12-13H,1,4-5,7-11H2,(H,26,27). The van der Waals surface area contributed by atoms with Crippen LogP contribution >= 0.6 is 23.1 Å². The summed E-state index contributed by atoms with van der Waals surface area (Å²) in [7, 11) is 0. The Labute approximate surface area is 182 Å². The summed E-state index contributed by atoms with van der Waals surface area (Å²) in [6.45, 7) is 0.965. The molecule has 1 N–H and O–H groups in total. The van der Waals surface area contributed by atoms with Crippen molar-refractivity contribution < 1.29 is 24.2 Å². The third-order valence-electron chi connectivity index (χ3n) is 5.41. The Morgan fingerprint density at radius 2 is 2.17 bits per heavy atom. The van der Waals surface area contributed by atoms with E-state index in [1.165, 1.54) is 28.5 Å². The van der Waals surface area contributed by atoms with E-state index in [9.17, 15) is 14.4 Å². The van der Waals surface area contributed by atoms with Crippen molar-refractivity contribution >= 4 is 40.8 Å². The molecule has 2 aliphatic rings. The van der Waals surface area contributed by atoms with Crippen molar-refractivity contribution in [2.24, 2.45) is 0 Å². The molecule has 1 aliphatic heterocycles. The SMILES string of the molecule is O=C(O)c1csc(SCCN2C(=O)CCC2COc2cccc3c2CCCC3=O)n1. The fourth-order valence-corrected chi connectivity index (χ4v) is 5.70. The highest BCUT2D eigenvalue weighted by Gasteiger charge is 2.31. The number of Topliss-reactive ketones (excluding diaryl/α,β-unsaturated/α-hetero) is 1. The number of benzene rings is 1. The van der Waals surface area contributed by atoms with Gasteiger partial charge in [-0.3, -0.25) is 9.59 Å². The van der Waals surface area contributed by atoms with E-state index in [1.54, 1.807) is 0 Å². The maximum Gasteiger partial charge on any atom is 0.355 e. The van der Waals surface area contributed by atoms with Crippen LogP contribution in [0.3, 0.4) is 0 Å². The molecule has 1 unspecified atom stereocenters. The number of ketones is 1. The first-order chi connectivity index (χ1) is 14.5. The van der Waals surface area contributed by atoms with Gasteiger partial charge in [0.1, 0.15) is 12.4 Å². The molecule has 1 aromatic carbocycles. The Morgan fingerprint density at radius 3 is 2.97 bits per heavy atom. The highest BCUT2D eigenvalue weighted by Crippen LogP contribution is 2.31. The van der Waals surface area contributed by atoms with Crippen molar-refractivity contribution in [3.05, 3.63) is 40.4 Å².